The van der Waals surface area contributed by atoms with Crippen LogP contribution < -0.4 is 10.1 Å². The fourth-order valence-electron chi connectivity index (χ4n) is 2.66. The molecule has 2 aromatic rings. The number of carbonyl (C=O) groups excluding carboxylic acids is 2. The van der Waals surface area contributed by atoms with Crippen LogP contribution in [0.15, 0.2) is 47.4 Å². The molecule has 0 fully saturated rings. The fraction of sp³-hybridized carbons (Fsp3) is 0.333. The third kappa shape index (κ3) is 6.95. The van der Waals surface area contributed by atoms with Gasteiger partial charge in [-0.15, -0.1) is 0 Å². The number of sulfonamides is 1. The normalized spacial score (nSPS) is 11.3. The number of nitrogens with zero attached hydrogens (tertiary/aromatic N) is 1. The zero-order valence-corrected chi connectivity index (χ0v) is 19.1. The first-order valence-electron chi connectivity index (χ1n) is 9.62. The minimum atomic E-state index is -3.57. The van der Waals surface area contributed by atoms with Crippen LogP contribution in [-0.4, -0.2) is 50.9 Å². The van der Waals surface area contributed by atoms with Crippen LogP contribution in [0.1, 0.15) is 19.4 Å². The molecule has 0 aliphatic rings. The maximum absolute atomic E-state index is 12.5. The second kappa shape index (κ2) is 11.1. The minimum Gasteiger partial charge on any atom is -0.482 e. The molecular formula is C21H25ClN2O6S. The van der Waals surface area contributed by atoms with E-state index in [4.69, 9.17) is 21.1 Å². The Kier molecular flexibility index (Phi) is 8.85. The first kappa shape index (κ1) is 24.6. The van der Waals surface area contributed by atoms with Crippen LogP contribution in [0.25, 0.3) is 0 Å². The summed E-state index contributed by atoms with van der Waals surface area (Å²) in [6.45, 7) is 5.21. The molecule has 0 saturated carbocycles. The van der Waals surface area contributed by atoms with Gasteiger partial charge in [0.25, 0.3) is 5.91 Å². The molecule has 0 aromatic heterocycles. The third-order valence-electron chi connectivity index (χ3n) is 4.33. The number of hydrogen-bond acceptors (Lipinski definition) is 6. The van der Waals surface area contributed by atoms with Gasteiger partial charge in [0, 0.05) is 23.8 Å². The number of nitrogens with one attached hydrogen (secondary N) is 1. The highest BCUT2D eigenvalue weighted by Crippen LogP contribution is 2.21. The lowest BCUT2D eigenvalue weighted by Crippen LogP contribution is -2.30. The lowest BCUT2D eigenvalue weighted by molar-refractivity contribution is -0.149. The van der Waals surface area contributed by atoms with Gasteiger partial charge in [0.2, 0.25) is 10.0 Å². The molecular weight excluding hydrogens is 444 g/mol. The first-order valence-corrected chi connectivity index (χ1v) is 11.4. The van der Waals surface area contributed by atoms with Crippen LogP contribution in [0.5, 0.6) is 5.75 Å². The summed E-state index contributed by atoms with van der Waals surface area (Å²) in [6.07, 6.45) is 0. The SMILES string of the molecule is CCN(CC)S(=O)(=O)c1ccc(NC(=O)COC(=O)COc2ccc(Cl)c(C)c2)cc1. The number of halogens is 1. The van der Waals surface area contributed by atoms with Crippen LogP contribution in [0, 0.1) is 6.92 Å². The van der Waals surface area contributed by atoms with E-state index < -0.39 is 28.5 Å². The van der Waals surface area contributed by atoms with Crippen molar-refractivity contribution >= 4 is 39.2 Å². The molecule has 0 aliphatic heterocycles. The monoisotopic (exact) mass is 468 g/mol. The van der Waals surface area contributed by atoms with Gasteiger partial charge in [-0.3, -0.25) is 4.79 Å². The minimum absolute atomic E-state index is 0.134. The number of benzene rings is 2. The number of amides is 1. The summed E-state index contributed by atoms with van der Waals surface area (Å²) in [5, 5.41) is 3.13. The molecule has 0 atom stereocenters. The molecule has 0 heterocycles. The summed E-state index contributed by atoms with van der Waals surface area (Å²) in [4.78, 5) is 23.9. The van der Waals surface area contributed by atoms with Gasteiger partial charge < -0.3 is 14.8 Å². The largest absolute Gasteiger partial charge is 0.482 e. The van der Waals surface area contributed by atoms with E-state index in [0.717, 1.165) is 5.56 Å². The average molecular weight is 469 g/mol. The summed E-state index contributed by atoms with van der Waals surface area (Å²) in [6, 6.07) is 10.7. The van der Waals surface area contributed by atoms with E-state index in [1.54, 1.807) is 32.0 Å². The number of ether oxygens (including phenoxy) is 2. The Morgan fingerprint density at radius 3 is 2.26 bits per heavy atom. The Morgan fingerprint density at radius 1 is 1.03 bits per heavy atom. The Morgan fingerprint density at radius 2 is 1.68 bits per heavy atom. The summed E-state index contributed by atoms with van der Waals surface area (Å²) >= 11 is 5.93. The molecule has 0 unspecified atom stereocenters. The fourth-order valence-corrected chi connectivity index (χ4v) is 4.23. The van der Waals surface area contributed by atoms with Gasteiger partial charge in [0.15, 0.2) is 13.2 Å². The highest BCUT2D eigenvalue weighted by atomic mass is 35.5. The summed E-state index contributed by atoms with van der Waals surface area (Å²) in [5.74, 6) is -0.804. The Hall–Kier alpha value is -2.62. The van der Waals surface area contributed by atoms with Gasteiger partial charge in [-0.05, 0) is 55.0 Å². The molecule has 0 radical (unpaired) electrons. The van der Waals surface area contributed by atoms with Crippen molar-refractivity contribution in [2.45, 2.75) is 25.7 Å². The maximum Gasteiger partial charge on any atom is 0.344 e. The number of hydrogen-bond donors (Lipinski definition) is 1. The van der Waals surface area contributed by atoms with Gasteiger partial charge in [-0.2, -0.15) is 4.31 Å². The predicted octanol–water partition coefficient (Wildman–Crippen LogP) is 3.24. The Labute approximate surface area is 187 Å². The Balaban J connectivity index is 1.83. The molecule has 0 bridgehead atoms. The van der Waals surface area contributed by atoms with Gasteiger partial charge in [0.05, 0.1) is 4.90 Å². The van der Waals surface area contributed by atoms with E-state index in [1.165, 1.54) is 28.6 Å². The number of aryl methyl sites for hydroxylation is 1. The van der Waals surface area contributed by atoms with Crippen LogP contribution in [0.3, 0.4) is 0 Å². The third-order valence-corrected chi connectivity index (χ3v) is 6.82. The van der Waals surface area contributed by atoms with E-state index in [-0.39, 0.29) is 11.5 Å². The van der Waals surface area contributed by atoms with E-state index >= 15 is 0 Å². The van der Waals surface area contributed by atoms with E-state index in [2.05, 4.69) is 5.32 Å². The topological polar surface area (TPSA) is 102 Å². The zero-order chi connectivity index (χ0) is 23.0. The molecule has 0 saturated heterocycles. The second-order valence-electron chi connectivity index (χ2n) is 6.52. The molecule has 8 nitrogen and oxygen atoms in total. The Bertz CT molecular complexity index is 1020. The lowest BCUT2D eigenvalue weighted by atomic mass is 10.2. The lowest BCUT2D eigenvalue weighted by Gasteiger charge is -2.18. The quantitative estimate of drug-likeness (QED) is 0.537. The molecule has 168 valence electrons. The van der Waals surface area contributed by atoms with E-state index in [0.29, 0.717) is 29.5 Å². The molecule has 10 heteroatoms. The van der Waals surface area contributed by atoms with Crippen LogP contribution in [0.2, 0.25) is 5.02 Å². The van der Waals surface area contributed by atoms with Crippen molar-refractivity contribution in [1.82, 2.24) is 4.31 Å². The number of carbonyl (C=O) groups is 2. The standard InChI is InChI=1S/C21H25ClN2O6S/c1-4-24(5-2)31(27,28)18-9-6-16(7-10-18)23-20(25)13-30-21(26)14-29-17-8-11-19(22)15(3)12-17/h6-12H,4-5,13-14H2,1-3H3,(H,23,25). The predicted molar refractivity (Wildman–Crippen MR) is 118 cm³/mol. The number of esters is 1. The maximum atomic E-state index is 12.5. The van der Waals surface area contributed by atoms with Gasteiger partial charge in [-0.1, -0.05) is 25.4 Å². The molecule has 1 N–H and O–H groups in total. The number of rotatable bonds is 10. The molecule has 0 spiro atoms. The van der Waals surface area contributed by atoms with Crippen molar-refractivity contribution in [2.24, 2.45) is 0 Å². The van der Waals surface area contributed by atoms with E-state index in [9.17, 15) is 18.0 Å². The van der Waals surface area contributed by atoms with Crippen molar-refractivity contribution in [1.29, 1.82) is 0 Å². The molecule has 31 heavy (non-hydrogen) atoms. The van der Waals surface area contributed by atoms with Crippen molar-refractivity contribution in [2.75, 3.05) is 31.6 Å². The second-order valence-corrected chi connectivity index (χ2v) is 8.87. The molecule has 1 amide bonds. The van der Waals surface area contributed by atoms with Crippen molar-refractivity contribution in [3.63, 3.8) is 0 Å². The van der Waals surface area contributed by atoms with Crippen molar-refractivity contribution < 1.29 is 27.5 Å². The smallest absolute Gasteiger partial charge is 0.344 e. The first-order chi connectivity index (χ1) is 14.7. The summed E-state index contributed by atoms with van der Waals surface area (Å²) in [5.41, 5.74) is 1.19. The highest BCUT2D eigenvalue weighted by Gasteiger charge is 2.21. The van der Waals surface area contributed by atoms with Crippen LogP contribution in [-0.2, 0) is 24.3 Å². The van der Waals surface area contributed by atoms with Gasteiger partial charge in [-0.25, -0.2) is 13.2 Å². The highest BCUT2D eigenvalue weighted by molar-refractivity contribution is 7.89. The van der Waals surface area contributed by atoms with Crippen molar-refractivity contribution in [3.05, 3.63) is 53.1 Å². The summed E-state index contributed by atoms with van der Waals surface area (Å²) in [7, 11) is -3.57. The number of anilines is 1. The zero-order valence-electron chi connectivity index (χ0n) is 17.6. The van der Waals surface area contributed by atoms with Gasteiger partial charge >= 0.3 is 5.97 Å². The molecule has 0 aliphatic carbocycles. The van der Waals surface area contributed by atoms with E-state index in [1.807, 2.05) is 6.92 Å². The summed E-state index contributed by atoms with van der Waals surface area (Å²) < 4.78 is 36.5. The average Bonchev–Trinajstić information content (AvgIpc) is 2.74. The van der Waals surface area contributed by atoms with Crippen LogP contribution in [0.4, 0.5) is 5.69 Å². The van der Waals surface area contributed by atoms with Crippen LogP contribution >= 0.6 is 11.6 Å². The van der Waals surface area contributed by atoms with Gasteiger partial charge in [0.1, 0.15) is 5.75 Å². The molecule has 2 rings (SSSR count). The van der Waals surface area contributed by atoms with Crippen molar-refractivity contribution in [3.8, 4) is 5.75 Å². The molecule has 2 aromatic carbocycles.